The molecule has 1 atom stereocenters. The average Bonchev–Trinajstić information content (AvgIpc) is 2.51. The maximum atomic E-state index is 11.2. The van der Waals surface area contributed by atoms with E-state index < -0.39 is 5.97 Å². The van der Waals surface area contributed by atoms with E-state index in [0.29, 0.717) is 11.5 Å². The van der Waals surface area contributed by atoms with Crippen LogP contribution in [0.5, 0.6) is 0 Å². The highest BCUT2D eigenvalue weighted by molar-refractivity contribution is 5.94. The first-order chi connectivity index (χ1) is 7.97. The summed E-state index contributed by atoms with van der Waals surface area (Å²) < 4.78 is 1.60. The molecule has 0 spiro atoms. The fourth-order valence-corrected chi connectivity index (χ4v) is 1.90. The van der Waals surface area contributed by atoms with E-state index in [2.05, 4.69) is 24.3 Å². The third kappa shape index (κ3) is 3.22. The summed E-state index contributed by atoms with van der Waals surface area (Å²) in [5.41, 5.74) is 0.820. The van der Waals surface area contributed by atoms with Crippen molar-refractivity contribution in [1.29, 1.82) is 0 Å². The molecule has 0 saturated heterocycles. The molecule has 0 radical (unpaired) electrons. The number of unbranched alkanes of at least 4 members (excludes halogenated alkanes) is 1. The Labute approximate surface area is 102 Å². The summed E-state index contributed by atoms with van der Waals surface area (Å²) in [6, 6.07) is 0.253. The standard InChI is InChI=1S/C12H21N3O2/c1-5-6-7-8(2)13-11-10(12(16)17)9(3)14-15(11)4/h8,13H,5-7H2,1-4H3,(H,16,17). The Hall–Kier alpha value is -1.52. The Balaban J connectivity index is 2.86. The quantitative estimate of drug-likeness (QED) is 0.800. The van der Waals surface area contributed by atoms with Crippen molar-refractivity contribution < 1.29 is 9.90 Å². The molecule has 0 aliphatic rings. The number of aromatic nitrogens is 2. The van der Waals surface area contributed by atoms with E-state index in [0.717, 1.165) is 19.3 Å². The number of hydrogen-bond donors (Lipinski definition) is 2. The monoisotopic (exact) mass is 239 g/mol. The minimum absolute atomic E-state index is 0.253. The molecule has 0 bridgehead atoms. The molecule has 1 heterocycles. The number of nitrogens with one attached hydrogen (secondary N) is 1. The Morgan fingerprint density at radius 2 is 2.24 bits per heavy atom. The third-order valence-electron chi connectivity index (χ3n) is 2.81. The first-order valence-electron chi connectivity index (χ1n) is 6.00. The highest BCUT2D eigenvalue weighted by Crippen LogP contribution is 2.20. The summed E-state index contributed by atoms with van der Waals surface area (Å²) in [6.07, 6.45) is 3.30. The van der Waals surface area contributed by atoms with E-state index in [1.54, 1.807) is 18.7 Å². The molecular weight excluding hydrogens is 218 g/mol. The van der Waals surface area contributed by atoms with Crippen LogP contribution >= 0.6 is 0 Å². The van der Waals surface area contributed by atoms with Crippen LogP contribution in [0.2, 0.25) is 0 Å². The number of carboxylic acids is 1. The fourth-order valence-electron chi connectivity index (χ4n) is 1.90. The van der Waals surface area contributed by atoms with E-state index in [1.165, 1.54) is 0 Å². The first-order valence-corrected chi connectivity index (χ1v) is 6.00. The van der Waals surface area contributed by atoms with Gasteiger partial charge in [0.1, 0.15) is 11.4 Å². The molecule has 2 N–H and O–H groups in total. The molecule has 1 aromatic heterocycles. The smallest absolute Gasteiger partial charge is 0.341 e. The van der Waals surface area contributed by atoms with Gasteiger partial charge in [-0.3, -0.25) is 4.68 Å². The zero-order valence-corrected chi connectivity index (χ0v) is 10.9. The van der Waals surface area contributed by atoms with Crippen LogP contribution < -0.4 is 5.32 Å². The van der Waals surface area contributed by atoms with E-state index in [-0.39, 0.29) is 11.6 Å². The van der Waals surface area contributed by atoms with Crippen molar-refractivity contribution in [2.24, 2.45) is 7.05 Å². The second kappa shape index (κ2) is 5.70. The number of aryl methyl sites for hydroxylation is 2. The molecule has 17 heavy (non-hydrogen) atoms. The number of rotatable bonds is 6. The van der Waals surface area contributed by atoms with Crippen LogP contribution in [0.25, 0.3) is 0 Å². The SMILES string of the molecule is CCCCC(C)Nc1c(C(=O)O)c(C)nn1C. The Morgan fingerprint density at radius 3 is 2.76 bits per heavy atom. The molecule has 0 aliphatic heterocycles. The number of aromatic carboxylic acids is 1. The average molecular weight is 239 g/mol. The topological polar surface area (TPSA) is 67.2 Å². The summed E-state index contributed by atoms with van der Waals surface area (Å²) in [6.45, 7) is 5.92. The van der Waals surface area contributed by atoms with Gasteiger partial charge in [0.15, 0.2) is 0 Å². The van der Waals surface area contributed by atoms with Gasteiger partial charge in [-0.2, -0.15) is 5.10 Å². The molecule has 0 saturated carbocycles. The number of carbonyl (C=O) groups is 1. The van der Waals surface area contributed by atoms with Gasteiger partial charge in [-0.1, -0.05) is 19.8 Å². The third-order valence-corrected chi connectivity index (χ3v) is 2.81. The van der Waals surface area contributed by atoms with Crippen LogP contribution in [0.15, 0.2) is 0 Å². The molecule has 1 unspecified atom stereocenters. The number of carboxylic acid groups (broad SMARTS) is 1. The summed E-state index contributed by atoms with van der Waals surface area (Å²) in [4.78, 5) is 11.2. The molecule has 0 aliphatic carbocycles. The van der Waals surface area contributed by atoms with Gasteiger partial charge >= 0.3 is 5.97 Å². The Bertz CT molecular complexity index is 399. The maximum Gasteiger partial charge on any atom is 0.341 e. The lowest BCUT2D eigenvalue weighted by Gasteiger charge is -2.15. The Kier molecular flexibility index (Phi) is 4.54. The van der Waals surface area contributed by atoms with Gasteiger partial charge in [-0.15, -0.1) is 0 Å². The number of anilines is 1. The van der Waals surface area contributed by atoms with Crippen molar-refractivity contribution in [3.63, 3.8) is 0 Å². The normalized spacial score (nSPS) is 12.5. The molecule has 0 aromatic carbocycles. The molecule has 1 rings (SSSR count). The lowest BCUT2D eigenvalue weighted by Crippen LogP contribution is -2.19. The first kappa shape index (κ1) is 13.5. The van der Waals surface area contributed by atoms with Crippen LogP contribution in [0.3, 0.4) is 0 Å². The zero-order valence-electron chi connectivity index (χ0n) is 10.9. The predicted molar refractivity (Wildman–Crippen MR) is 67.5 cm³/mol. The summed E-state index contributed by atoms with van der Waals surface area (Å²) in [5, 5.41) is 16.5. The van der Waals surface area contributed by atoms with Crippen molar-refractivity contribution in [3.8, 4) is 0 Å². The van der Waals surface area contributed by atoms with Gasteiger partial charge in [0.2, 0.25) is 0 Å². The van der Waals surface area contributed by atoms with Crippen LogP contribution in [-0.4, -0.2) is 26.9 Å². The van der Waals surface area contributed by atoms with Gasteiger partial charge in [0.25, 0.3) is 0 Å². The van der Waals surface area contributed by atoms with Gasteiger partial charge < -0.3 is 10.4 Å². The van der Waals surface area contributed by atoms with Crippen LogP contribution in [-0.2, 0) is 7.05 Å². The molecule has 96 valence electrons. The minimum atomic E-state index is -0.930. The summed E-state index contributed by atoms with van der Waals surface area (Å²) >= 11 is 0. The van der Waals surface area contributed by atoms with E-state index in [4.69, 9.17) is 5.11 Å². The molecule has 0 fully saturated rings. The van der Waals surface area contributed by atoms with E-state index in [9.17, 15) is 4.79 Å². The van der Waals surface area contributed by atoms with Crippen molar-refractivity contribution in [2.45, 2.75) is 46.1 Å². The Morgan fingerprint density at radius 1 is 1.59 bits per heavy atom. The van der Waals surface area contributed by atoms with Crippen molar-refractivity contribution in [2.75, 3.05) is 5.32 Å². The molecule has 0 amide bonds. The zero-order chi connectivity index (χ0) is 13.0. The molecule has 5 nitrogen and oxygen atoms in total. The predicted octanol–water partition coefficient (Wildman–Crippen LogP) is 2.42. The van der Waals surface area contributed by atoms with Gasteiger partial charge in [-0.25, -0.2) is 4.79 Å². The number of nitrogens with zero attached hydrogens (tertiary/aromatic N) is 2. The van der Waals surface area contributed by atoms with E-state index >= 15 is 0 Å². The largest absolute Gasteiger partial charge is 0.477 e. The molecular formula is C12H21N3O2. The van der Waals surface area contributed by atoms with Crippen molar-refractivity contribution in [1.82, 2.24) is 9.78 Å². The maximum absolute atomic E-state index is 11.2. The molecule has 5 heteroatoms. The second-order valence-electron chi connectivity index (χ2n) is 4.43. The second-order valence-corrected chi connectivity index (χ2v) is 4.43. The van der Waals surface area contributed by atoms with E-state index in [1.807, 2.05) is 0 Å². The van der Waals surface area contributed by atoms with Crippen LogP contribution in [0, 0.1) is 6.92 Å². The minimum Gasteiger partial charge on any atom is -0.477 e. The van der Waals surface area contributed by atoms with Crippen LogP contribution in [0.4, 0.5) is 5.82 Å². The van der Waals surface area contributed by atoms with Gasteiger partial charge in [-0.05, 0) is 20.3 Å². The lowest BCUT2D eigenvalue weighted by atomic mass is 10.1. The van der Waals surface area contributed by atoms with Crippen molar-refractivity contribution >= 4 is 11.8 Å². The fraction of sp³-hybridized carbons (Fsp3) is 0.667. The summed E-state index contributed by atoms with van der Waals surface area (Å²) in [7, 11) is 1.76. The summed E-state index contributed by atoms with van der Waals surface area (Å²) in [5.74, 6) is -0.334. The van der Waals surface area contributed by atoms with Gasteiger partial charge in [0.05, 0.1) is 5.69 Å². The highest BCUT2D eigenvalue weighted by Gasteiger charge is 2.20. The molecule has 1 aromatic rings. The van der Waals surface area contributed by atoms with Gasteiger partial charge in [0, 0.05) is 13.1 Å². The number of hydrogen-bond acceptors (Lipinski definition) is 3. The van der Waals surface area contributed by atoms with Crippen LogP contribution in [0.1, 0.15) is 49.2 Å². The highest BCUT2D eigenvalue weighted by atomic mass is 16.4. The lowest BCUT2D eigenvalue weighted by molar-refractivity contribution is 0.0697. The van der Waals surface area contributed by atoms with Crippen molar-refractivity contribution in [3.05, 3.63) is 11.3 Å².